The van der Waals surface area contributed by atoms with Crippen molar-refractivity contribution in [1.29, 1.82) is 0 Å². The van der Waals surface area contributed by atoms with Crippen LogP contribution >= 0.6 is 0 Å². The first-order valence-corrected chi connectivity index (χ1v) is 7.12. The lowest BCUT2D eigenvalue weighted by Gasteiger charge is -2.31. The average Bonchev–Trinajstić information content (AvgIpc) is 2.79. The first-order chi connectivity index (χ1) is 9.91. The van der Waals surface area contributed by atoms with Gasteiger partial charge < -0.3 is 9.72 Å². The van der Waals surface area contributed by atoms with Crippen molar-refractivity contribution in [3.63, 3.8) is 0 Å². The van der Waals surface area contributed by atoms with Gasteiger partial charge in [-0.1, -0.05) is 13.8 Å². The van der Waals surface area contributed by atoms with Crippen LogP contribution in [0.2, 0.25) is 0 Å². The van der Waals surface area contributed by atoms with Gasteiger partial charge in [0.15, 0.2) is 0 Å². The molecule has 21 heavy (non-hydrogen) atoms. The number of H-pyrrole nitrogens is 1. The fraction of sp³-hybridized carbons (Fsp3) is 0.412. The van der Waals surface area contributed by atoms with Crippen LogP contribution in [0, 0.1) is 5.41 Å². The molecule has 1 aliphatic carbocycles. The maximum absolute atomic E-state index is 12.4. The summed E-state index contributed by atoms with van der Waals surface area (Å²) in [6.45, 7) is 3.94. The second-order valence-electron chi connectivity index (χ2n) is 6.54. The third-order valence-corrected chi connectivity index (χ3v) is 4.18. The van der Waals surface area contributed by atoms with E-state index in [9.17, 15) is 9.59 Å². The molecular formula is C17H19NO3. The summed E-state index contributed by atoms with van der Waals surface area (Å²) in [5.41, 5.74) is 1.45. The highest BCUT2D eigenvalue weighted by atomic mass is 16.5. The highest BCUT2D eigenvalue weighted by Gasteiger charge is 2.41. The monoisotopic (exact) mass is 285 g/mol. The van der Waals surface area contributed by atoms with E-state index < -0.39 is 5.92 Å². The van der Waals surface area contributed by atoms with Gasteiger partial charge in [-0.2, -0.15) is 0 Å². The van der Waals surface area contributed by atoms with Crippen molar-refractivity contribution in [2.24, 2.45) is 5.41 Å². The number of fused-ring (bicyclic) bond motifs is 1. The summed E-state index contributed by atoms with van der Waals surface area (Å²) in [4.78, 5) is 28.0. The number of nitrogens with one attached hydrogen (secondary N) is 1. The Labute approximate surface area is 123 Å². The van der Waals surface area contributed by atoms with E-state index >= 15 is 0 Å². The number of Topliss-reactive ketones (excluding diaryl/α,β-unsaturated/α-hetero) is 2. The van der Waals surface area contributed by atoms with Gasteiger partial charge in [-0.05, 0) is 23.1 Å². The Morgan fingerprint density at radius 3 is 2.48 bits per heavy atom. The number of ketones is 2. The van der Waals surface area contributed by atoms with Crippen molar-refractivity contribution >= 4 is 22.5 Å². The lowest BCUT2D eigenvalue weighted by Crippen LogP contribution is -2.35. The van der Waals surface area contributed by atoms with Crippen molar-refractivity contribution < 1.29 is 14.3 Å². The maximum atomic E-state index is 12.4. The quantitative estimate of drug-likeness (QED) is 0.862. The Morgan fingerprint density at radius 1 is 1.19 bits per heavy atom. The van der Waals surface area contributed by atoms with Crippen LogP contribution in [0.1, 0.15) is 38.2 Å². The first-order valence-electron chi connectivity index (χ1n) is 7.12. The summed E-state index contributed by atoms with van der Waals surface area (Å²) in [5, 5.41) is 0.919. The molecule has 110 valence electrons. The van der Waals surface area contributed by atoms with Gasteiger partial charge in [0, 0.05) is 36.0 Å². The third kappa shape index (κ3) is 2.35. The van der Waals surface area contributed by atoms with Gasteiger partial charge in [0.25, 0.3) is 0 Å². The molecule has 1 aromatic carbocycles. The zero-order valence-corrected chi connectivity index (χ0v) is 12.5. The van der Waals surface area contributed by atoms with E-state index in [4.69, 9.17) is 4.74 Å². The lowest BCUT2D eigenvalue weighted by molar-refractivity contribution is -0.135. The molecule has 1 saturated carbocycles. The number of aromatic nitrogens is 1. The van der Waals surface area contributed by atoms with E-state index in [1.807, 2.05) is 32.0 Å². The molecule has 0 amide bonds. The minimum Gasteiger partial charge on any atom is -0.497 e. The Bertz CT molecular complexity index is 707. The molecule has 0 radical (unpaired) electrons. The minimum atomic E-state index is -0.625. The smallest absolute Gasteiger partial charge is 0.148 e. The van der Waals surface area contributed by atoms with E-state index in [1.54, 1.807) is 13.3 Å². The van der Waals surface area contributed by atoms with E-state index in [0.717, 1.165) is 22.2 Å². The molecule has 2 aromatic rings. The van der Waals surface area contributed by atoms with Crippen LogP contribution in [-0.2, 0) is 9.59 Å². The Morgan fingerprint density at radius 2 is 1.86 bits per heavy atom. The molecule has 0 spiro atoms. The molecule has 1 aliphatic rings. The van der Waals surface area contributed by atoms with Crippen molar-refractivity contribution in [1.82, 2.24) is 4.98 Å². The van der Waals surface area contributed by atoms with Crippen molar-refractivity contribution in [2.45, 2.75) is 32.6 Å². The second-order valence-corrected chi connectivity index (χ2v) is 6.54. The molecule has 1 N–H and O–H groups in total. The number of hydrogen-bond donors (Lipinski definition) is 1. The van der Waals surface area contributed by atoms with Gasteiger partial charge >= 0.3 is 0 Å². The second kappa shape index (κ2) is 4.72. The highest BCUT2D eigenvalue weighted by molar-refractivity contribution is 6.12. The zero-order valence-electron chi connectivity index (χ0n) is 12.5. The molecule has 0 atom stereocenters. The highest BCUT2D eigenvalue weighted by Crippen LogP contribution is 2.40. The van der Waals surface area contributed by atoms with Gasteiger partial charge in [-0.25, -0.2) is 0 Å². The largest absolute Gasteiger partial charge is 0.497 e. The summed E-state index contributed by atoms with van der Waals surface area (Å²) in [6.07, 6.45) is 2.68. The van der Waals surface area contributed by atoms with Crippen molar-refractivity contribution in [3.8, 4) is 5.75 Å². The molecule has 0 unspecified atom stereocenters. The van der Waals surface area contributed by atoms with Crippen LogP contribution in [0.4, 0.5) is 0 Å². The van der Waals surface area contributed by atoms with Crippen LogP contribution in [-0.4, -0.2) is 23.7 Å². The number of benzene rings is 1. The van der Waals surface area contributed by atoms with E-state index in [1.165, 1.54) is 0 Å². The Hall–Kier alpha value is -2.10. The molecular weight excluding hydrogens is 266 g/mol. The van der Waals surface area contributed by atoms with Crippen LogP contribution < -0.4 is 4.74 Å². The molecule has 4 nitrogen and oxygen atoms in total. The van der Waals surface area contributed by atoms with E-state index in [2.05, 4.69) is 4.98 Å². The minimum absolute atomic E-state index is 0.0213. The van der Waals surface area contributed by atoms with Crippen molar-refractivity contribution in [3.05, 3.63) is 30.0 Å². The van der Waals surface area contributed by atoms with Gasteiger partial charge in [0.2, 0.25) is 0 Å². The topological polar surface area (TPSA) is 59.2 Å². The number of ether oxygens (including phenoxy) is 1. The maximum Gasteiger partial charge on any atom is 0.148 e. The fourth-order valence-corrected chi connectivity index (χ4v) is 3.23. The number of methoxy groups -OCH3 is 1. The standard InChI is InChI=1S/C17H19NO3/c1-17(2)7-14(19)16(15(20)8-17)12-9-18-13-6-10(21-3)4-5-11(12)13/h4-6,9,16,18H,7-8H2,1-3H3. The molecule has 1 fully saturated rings. The molecule has 1 aromatic heterocycles. The third-order valence-electron chi connectivity index (χ3n) is 4.18. The number of hydrogen-bond acceptors (Lipinski definition) is 3. The van der Waals surface area contributed by atoms with E-state index in [-0.39, 0.29) is 17.0 Å². The Kier molecular flexibility index (Phi) is 3.12. The predicted octanol–water partition coefficient (Wildman–Crippen LogP) is 3.22. The molecule has 3 rings (SSSR count). The number of carbonyl (C=O) groups excluding carboxylic acids is 2. The molecule has 0 aliphatic heterocycles. The van der Waals surface area contributed by atoms with Crippen LogP contribution in [0.15, 0.2) is 24.4 Å². The van der Waals surface area contributed by atoms with Gasteiger partial charge in [0.1, 0.15) is 23.2 Å². The number of carbonyl (C=O) groups is 2. The van der Waals surface area contributed by atoms with Gasteiger partial charge in [-0.3, -0.25) is 9.59 Å². The number of aromatic amines is 1. The summed E-state index contributed by atoms with van der Waals surface area (Å²) in [5.74, 6) is 0.166. The first kappa shape index (κ1) is 13.9. The normalized spacial score (nSPS) is 19.2. The zero-order chi connectivity index (χ0) is 15.2. The molecule has 1 heterocycles. The van der Waals surface area contributed by atoms with Crippen LogP contribution in [0.3, 0.4) is 0 Å². The molecule has 4 heteroatoms. The lowest BCUT2D eigenvalue weighted by atomic mass is 9.69. The number of rotatable bonds is 2. The van der Waals surface area contributed by atoms with Gasteiger partial charge in [0.05, 0.1) is 7.11 Å². The van der Waals surface area contributed by atoms with E-state index in [0.29, 0.717) is 12.8 Å². The van der Waals surface area contributed by atoms with Crippen LogP contribution in [0.25, 0.3) is 10.9 Å². The Balaban J connectivity index is 2.04. The SMILES string of the molecule is COc1ccc2c(C3C(=O)CC(C)(C)CC3=O)c[nH]c2c1. The summed E-state index contributed by atoms with van der Waals surface area (Å²) in [6, 6.07) is 5.63. The summed E-state index contributed by atoms with van der Waals surface area (Å²) >= 11 is 0. The summed E-state index contributed by atoms with van der Waals surface area (Å²) in [7, 11) is 1.61. The predicted molar refractivity (Wildman–Crippen MR) is 80.6 cm³/mol. The molecule has 0 saturated heterocycles. The van der Waals surface area contributed by atoms with Crippen LogP contribution in [0.5, 0.6) is 5.75 Å². The molecule has 0 bridgehead atoms. The van der Waals surface area contributed by atoms with Gasteiger partial charge in [-0.15, -0.1) is 0 Å². The fourth-order valence-electron chi connectivity index (χ4n) is 3.23. The van der Waals surface area contributed by atoms with Crippen molar-refractivity contribution in [2.75, 3.05) is 7.11 Å². The average molecular weight is 285 g/mol. The summed E-state index contributed by atoms with van der Waals surface area (Å²) < 4.78 is 5.19.